The van der Waals surface area contributed by atoms with Crippen molar-refractivity contribution in [3.05, 3.63) is 66.2 Å². The molecule has 2 aliphatic heterocycles. The molecule has 2 aromatic rings. The Labute approximate surface area is 194 Å². The van der Waals surface area contributed by atoms with E-state index in [1.165, 1.54) is 0 Å². The first-order valence-electron chi connectivity index (χ1n) is 11.7. The van der Waals surface area contributed by atoms with E-state index in [-0.39, 0.29) is 30.1 Å². The van der Waals surface area contributed by atoms with E-state index in [0.717, 1.165) is 11.3 Å². The van der Waals surface area contributed by atoms with E-state index >= 15 is 0 Å². The smallest absolute Gasteiger partial charge is 0.228 e. The fourth-order valence-corrected chi connectivity index (χ4v) is 4.42. The predicted molar refractivity (Wildman–Crippen MR) is 124 cm³/mol. The minimum absolute atomic E-state index is 0.0299. The largest absolute Gasteiger partial charge is 0.494 e. The molecule has 1 atom stereocenters. The van der Waals surface area contributed by atoms with Crippen molar-refractivity contribution in [3.63, 3.8) is 0 Å². The van der Waals surface area contributed by atoms with Gasteiger partial charge in [0.15, 0.2) is 0 Å². The van der Waals surface area contributed by atoms with E-state index in [9.17, 15) is 14.4 Å². The molecule has 0 saturated carbocycles. The van der Waals surface area contributed by atoms with Crippen LogP contribution in [-0.2, 0) is 20.9 Å². The van der Waals surface area contributed by atoms with Gasteiger partial charge in [-0.1, -0.05) is 48.5 Å². The van der Waals surface area contributed by atoms with Crippen LogP contribution in [-0.4, -0.2) is 71.8 Å². The van der Waals surface area contributed by atoms with E-state index < -0.39 is 0 Å². The molecule has 0 spiro atoms. The first-order chi connectivity index (χ1) is 16.1. The lowest BCUT2D eigenvalue weighted by Crippen LogP contribution is -2.52. The summed E-state index contributed by atoms with van der Waals surface area (Å²) in [7, 11) is 0. The Morgan fingerprint density at radius 1 is 0.879 bits per heavy atom. The van der Waals surface area contributed by atoms with Crippen molar-refractivity contribution in [2.45, 2.75) is 25.8 Å². The molecule has 2 fully saturated rings. The summed E-state index contributed by atoms with van der Waals surface area (Å²) >= 11 is 0. The molecule has 7 heteroatoms. The van der Waals surface area contributed by atoms with Gasteiger partial charge in [-0.05, 0) is 24.1 Å². The second-order valence-corrected chi connectivity index (χ2v) is 8.63. The number of amides is 3. The van der Waals surface area contributed by atoms with Gasteiger partial charge in [-0.3, -0.25) is 14.4 Å². The topological polar surface area (TPSA) is 70.2 Å². The normalized spacial score (nSPS) is 18.5. The van der Waals surface area contributed by atoms with E-state index in [2.05, 4.69) is 0 Å². The summed E-state index contributed by atoms with van der Waals surface area (Å²) in [5.74, 6) is 0.679. The Bertz CT molecular complexity index is 943. The van der Waals surface area contributed by atoms with Crippen molar-refractivity contribution >= 4 is 17.7 Å². The molecule has 0 aromatic heterocycles. The molecule has 33 heavy (non-hydrogen) atoms. The van der Waals surface area contributed by atoms with Gasteiger partial charge >= 0.3 is 0 Å². The van der Waals surface area contributed by atoms with Gasteiger partial charge in [-0.25, -0.2) is 0 Å². The highest BCUT2D eigenvalue weighted by atomic mass is 16.5. The third kappa shape index (κ3) is 6.12. The summed E-state index contributed by atoms with van der Waals surface area (Å²) in [5.41, 5.74) is 1.07. The van der Waals surface area contributed by atoms with Crippen LogP contribution < -0.4 is 4.74 Å². The number of likely N-dealkylation sites (tertiary alicyclic amines) is 1. The Morgan fingerprint density at radius 2 is 1.52 bits per heavy atom. The highest BCUT2D eigenvalue weighted by molar-refractivity contribution is 5.89. The van der Waals surface area contributed by atoms with Gasteiger partial charge in [0.1, 0.15) is 5.75 Å². The molecule has 3 amide bonds. The molecule has 0 bridgehead atoms. The zero-order valence-corrected chi connectivity index (χ0v) is 18.9. The molecule has 4 rings (SSSR count). The van der Waals surface area contributed by atoms with E-state index in [1.54, 1.807) is 4.90 Å². The number of carbonyl (C=O) groups excluding carboxylic acids is 3. The number of carbonyl (C=O) groups is 3. The number of rotatable bonds is 8. The maximum absolute atomic E-state index is 13.0. The van der Waals surface area contributed by atoms with Crippen LogP contribution >= 0.6 is 0 Å². The maximum atomic E-state index is 13.0. The molecule has 0 N–H and O–H groups in total. The summed E-state index contributed by atoms with van der Waals surface area (Å²) in [6.07, 6.45) is 1.37. The van der Waals surface area contributed by atoms with Crippen molar-refractivity contribution in [1.29, 1.82) is 0 Å². The summed E-state index contributed by atoms with van der Waals surface area (Å²) in [4.78, 5) is 43.3. The van der Waals surface area contributed by atoms with Gasteiger partial charge in [0.05, 0.1) is 12.5 Å². The molecule has 0 aliphatic carbocycles. The van der Waals surface area contributed by atoms with Gasteiger partial charge in [-0.2, -0.15) is 0 Å². The minimum atomic E-state index is -0.293. The van der Waals surface area contributed by atoms with Gasteiger partial charge in [0, 0.05) is 52.1 Å². The average molecular weight is 450 g/mol. The zero-order valence-electron chi connectivity index (χ0n) is 18.9. The number of para-hydroxylation sites is 1. The van der Waals surface area contributed by atoms with Crippen molar-refractivity contribution in [1.82, 2.24) is 14.7 Å². The predicted octanol–water partition coefficient (Wildman–Crippen LogP) is 2.57. The van der Waals surface area contributed by atoms with Crippen LogP contribution in [0.15, 0.2) is 60.7 Å². The van der Waals surface area contributed by atoms with Gasteiger partial charge in [0.2, 0.25) is 17.7 Å². The van der Waals surface area contributed by atoms with Crippen molar-refractivity contribution in [2.75, 3.05) is 39.3 Å². The van der Waals surface area contributed by atoms with Crippen LogP contribution in [0.2, 0.25) is 0 Å². The lowest BCUT2D eigenvalue weighted by atomic mass is 10.1. The highest BCUT2D eigenvalue weighted by Gasteiger charge is 2.37. The van der Waals surface area contributed by atoms with E-state index in [1.807, 2.05) is 70.5 Å². The fraction of sp³-hybridized carbons (Fsp3) is 0.423. The number of nitrogens with zero attached hydrogens (tertiary/aromatic N) is 3. The van der Waals surface area contributed by atoms with Gasteiger partial charge in [-0.15, -0.1) is 0 Å². The first kappa shape index (κ1) is 22.8. The quantitative estimate of drug-likeness (QED) is 0.581. The Morgan fingerprint density at radius 3 is 2.21 bits per heavy atom. The van der Waals surface area contributed by atoms with Crippen molar-refractivity contribution in [2.24, 2.45) is 5.92 Å². The third-order valence-electron chi connectivity index (χ3n) is 6.27. The van der Waals surface area contributed by atoms with Crippen LogP contribution in [0.4, 0.5) is 0 Å². The number of piperazine rings is 1. The summed E-state index contributed by atoms with van der Waals surface area (Å²) in [6, 6.07) is 19.4. The van der Waals surface area contributed by atoms with Crippen molar-refractivity contribution in [3.8, 4) is 5.75 Å². The molecule has 2 aliphatic rings. The highest BCUT2D eigenvalue weighted by Crippen LogP contribution is 2.23. The average Bonchev–Trinajstić information content (AvgIpc) is 3.22. The van der Waals surface area contributed by atoms with E-state index in [0.29, 0.717) is 58.7 Å². The zero-order chi connectivity index (χ0) is 23.0. The second-order valence-electron chi connectivity index (χ2n) is 8.63. The second kappa shape index (κ2) is 11.0. The molecule has 2 saturated heterocycles. The lowest BCUT2D eigenvalue weighted by Gasteiger charge is -2.36. The van der Waals surface area contributed by atoms with Crippen molar-refractivity contribution < 1.29 is 19.1 Å². The minimum Gasteiger partial charge on any atom is -0.494 e. The number of benzene rings is 2. The van der Waals surface area contributed by atoms with Gasteiger partial charge < -0.3 is 19.4 Å². The standard InChI is InChI=1S/C26H31N3O4/c30-24(12-7-17-33-23-10-5-2-6-11-23)27-13-15-28(16-14-27)26(32)22-18-25(31)29(20-22)19-21-8-3-1-4-9-21/h1-6,8-11,22H,7,12-20H2. The monoisotopic (exact) mass is 449 g/mol. The van der Waals surface area contributed by atoms with Crippen LogP contribution in [0.1, 0.15) is 24.8 Å². The van der Waals surface area contributed by atoms with E-state index in [4.69, 9.17) is 4.74 Å². The molecule has 0 radical (unpaired) electrons. The Balaban J connectivity index is 1.17. The molecular weight excluding hydrogens is 418 g/mol. The SMILES string of the molecule is O=C(CCCOc1ccccc1)N1CCN(C(=O)C2CC(=O)N(Cc3ccccc3)C2)CC1. The fourth-order valence-electron chi connectivity index (χ4n) is 4.42. The molecule has 2 aromatic carbocycles. The molecule has 2 heterocycles. The summed E-state index contributed by atoms with van der Waals surface area (Å²) < 4.78 is 5.65. The van der Waals surface area contributed by atoms with Crippen LogP contribution in [0, 0.1) is 5.92 Å². The molecule has 1 unspecified atom stereocenters. The van der Waals surface area contributed by atoms with Crippen LogP contribution in [0.5, 0.6) is 5.75 Å². The lowest BCUT2D eigenvalue weighted by molar-refractivity contribution is -0.142. The summed E-state index contributed by atoms with van der Waals surface area (Å²) in [5, 5.41) is 0. The first-order valence-corrected chi connectivity index (χ1v) is 11.7. The molecular formula is C26H31N3O4. The molecule has 174 valence electrons. The number of hydrogen-bond donors (Lipinski definition) is 0. The molecule has 7 nitrogen and oxygen atoms in total. The van der Waals surface area contributed by atoms with Crippen LogP contribution in [0.3, 0.4) is 0 Å². The Hall–Kier alpha value is -3.35. The maximum Gasteiger partial charge on any atom is 0.228 e. The summed E-state index contributed by atoms with van der Waals surface area (Å²) in [6.45, 7) is 3.64. The number of hydrogen-bond acceptors (Lipinski definition) is 4. The van der Waals surface area contributed by atoms with Crippen LogP contribution in [0.25, 0.3) is 0 Å². The third-order valence-corrected chi connectivity index (χ3v) is 6.27. The van der Waals surface area contributed by atoms with Gasteiger partial charge in [0.25, 0.3) is 0 Å². The number of ether oxygens (including phenoxy) is 1. The Kier molecular flexibility index (Phi) is 7.60.